The van der Waals surface area contributed by atoms with Crippen LogP contribution in [0.1, 0.15) is 32.7 Å². The van der Waals surface area contributed by atoms with Gasteiger partial charge in [0.1, 0.15) is 17.5 Å². The quantitative estimate of drug-likeness (QED) is 0.440. The molecule has 1 amide bonds. The highest BCUT2D eigenvalue weighted by molar-refractivity contribution is 5.98. The first kappa shape index (κ1) is 27.0. The number of alkyl halides is 5. The highest BCUT2D eigenvalue weighted by Crippen LogP contribution is 2.44. The number of methoxy groups -OCH3 is 1. The van der Waals surface area contributed by atoms with Crippen LogP contribution in [0.15, 0.2) is 29.3 Å². The van der Waals surface area contributed by atoms with E-state index in [4.69, 9.17) is 4.74 Å². The van der Waals surface area contributed by atoms with Crippen LogP contribution in [0.2, 0.25) is 0 Å². The van der Waals surface area contributed by atoms with Crippen molar-refractivity contribution in [3.63, 3.8) is 0 Å². The predicted octanol–water partition coefficient (Wildman–Crippen LogP) is 4.22. The van der Waals surface area contributed by atoms with Crippen molar-refractivity contribution in [1.29, 1.82) is 0 Å². The minimum atomic E-state index is -4.73. The number of nitrogens with zero attached hydrogens (tertiary/aromatic N) is 5. The number of carbonyl (C=O) groups excluding carboxylic acids is 1. The molecule has 4 heterocycles. The number of pyridine rings is 1. The first-order chi connectivity index (χ1) is 18.3. The number of hydrogen-bond acceptors (Lipinski definition) is 6. The number of rotatable bonds is 7. The normalized spacial score (nSPS) is 18.6. The van der Waals surface area contributed by atoms with Gasteiger partial charge in [-0.05, 0) is 25.0 Å². The van der Waals surface area contributed by atoms with E-state index in [2.05, 4.69) is 15.4 Å². The van der Waals surface area contributed by atoms with Gasteiger partial charge in [-0.1, -0.05) is 0 Å². The van der Waals surface area contributed by atoms with Gasteiger partial charge in [0.2, 0.25) is 11.8 Å². The van der Waals surface area contributed by atoms with Crippen molar-refractivity contribution in [2.75, 3.05) is 30.4 Å². The topological polar surface area (TPSA) is 94.3 Å². The number of aromatic nitrogens is 4. The van der Waals surface area contributed by atoms with Gasteiger partial charge in [0, 0.05) is 63.7 Å². The third-order valence-corrected chi connectivity index (χ3v) is 7.26. The molecule has 3 aromatic heterocycles. The average molecular weight is 555 g/mol. The van der Waals surface area contributed by atoms with Gasteiger partial charge in [0.05, 0.1) is 23.5 Å². The monoisotopic (exact) mass is 554 g/mol. The number of halogens is 5. The molecule has 0 aromatic carbocycles. The Morgan fingerprint density at radius 3 is 2.54 bits per heavy atom. The molecule has 9 nitrogen and oxygen atoms in total. The van der Waals surface area contributed by atoms with Gasteiger partial charge in [-0.25, -0.2) is 18.4 Å². The molecular formula is C25H27F5N6O3. The maximum atomic E-state index is 13.7. The summed E-state index contributed by atoms with van der Waals surface area (Å²) < 4.78 is 75.6. The number of nitrogens with one attached hydrogen (secondary N) is 1. The van der Waals surface area contributed by atoms with Crippen molar-refractivity contribution in [2.24, 2.45) is 5.92 Å². The first-order valence-corrected chi connectivity index (χ1v) is 12.4. The van der Waals surface area contributed by atoms with Gasteiger partial charge in [0.15, 0.2) is 0 Å². The Hall–Kier alpha value is -3.55. The molecule has 1 saturated heterocycles. The molecule has 0 spiro atoms. The first-order valence-electron chi connectivity index (χ1n) is 12.4. The summed E-state index contributed by atoms with van der Waals surface area (Å²) in [4.78, 5) is 30.6. The fraction of sp³-hybridized carbons (Fsp3) is 0.520. The Bertz CT molecular complexity index is 1470. The highest BCUT2D eigenvalue weighted by Gasteiger charge is 2.45. The molecule has 3 aromatic rings. The van der Waals surface area contributed by atoms with E-state index >= 15 is 0 Å². The van der Waals surface area contributed by atoms with Crippen molar-refractivity contribution in [3.05, 3.63) is 34.9 Å². The second-order valence-corrected chi connectivity index (χ2v) is 10.2. The number of ether oxygens (including phenoxy) is 1. The highest BCUT2D eigenvalue weighted by atomic mass is 19.4. The summed E-state index contributed by atoms with van der Waals surface area (Å²) in [6.45, 7) is 3.04. The largest absolute Gasteiger partial charge is 0.410 e. The van der Waals surface area contributed by atoms with Crippen molar-refractivity contribution in [3.8, 4) is 11.3 Å². The van der Waals surface area contributed by atoms with Gasteiger partial charge < -0.3 is 19.5 Å². The van der Waals surface area contributed by atoms with Gasteiger partial charge in [-0.3, -0.25) is 9.59 Å². The zero-order chi connectivity index (χ0) is 28.3. The number of fused-ring (bicyclic) bond motifs is 1. The molecule has 39 heavy (non-hydrogen) atoms. The molecule has 0 unspecified atom stereocenters. The Morgan fingerprint density at radius 2 is 1.95 bits per heavy atom. The lowest BCUT2D eigenvalue weighted by Crippen LogP contribution is -2.54. The van der Waals surface area contributed by atoms with Crippen molar-refractivity contribution in [1.82, 2.24) is 19.3 Å². The molecule has 1 N–H and O–H groups in total. The summed E-state index contributed by atoms with van der Waals surface area (Å²) in [6.07, 6.45) is -2.36. The van der Waals surface area contributed by atoms with Crippen LogP contribution in [-0.2, 0) is 16.1 Å². The van der Waals surface area contributed by atoms with Crippen LogP contribution in [0.5, 0.6) is 0 Å². The van der Waals surface area contributed by atoms with Crippen molar-refractivity contribution in [2.45, 2.75) is 57.5 Å². The van der Waals surface area contributed by atoms with Crippen LogP contribution >= 0.6 is 0 Å². The number of anilines is 2. The summed E-state index contributed by atoms with van der Waals surface area (Å²) >= 11 is 0. The SMILES string of the molecule is COC1CN(c2cc(-c3cn(CC4CC(F)(F)C4)c4cnc(NC(C)=O)cc34)nn([C@@H](C)C(F)(F)F)c2=O)C1. The second-order valence-electron chi connectivity index (χ2n) is 10.2. The molecule has 1 atom stereocenters. The van der Waals surface area contributed by atoms with Crippen LogP contribution in [0.25, 0.3) is 22.2 Å². The van der Waals surface area contributed by atoms with E-state index in [1.165, 1.54) is 26.3 Å². The zero-order valence-corrected chi connectivity index (χ0v) is 21.4. The molecule has 1 aliphatic carbocycles. The van der Waals surface area contributed by atoms with Crippen LogP contribution in [0.4, 0.5) is 33.5 Å². The van der Waals surface area contributed by atoms with Crippen LogP contribution < -0.4 is 15.8 Å². The van der Waals surface area contributed by atoms with Crippen LogP contribution in [0, 0.1) is 5.92 Å². The maximum Gasteiger partial charge on any atom is 0.410 e. The molecule has 14 heteroatoms. The lowest BCUT2D eigenvalue weighted by molar-refractivity contribution is -0.166. The summed E-state index contributed by atoms with van der Waals surface area (Å²) in [6, 6.07) is 0.778. The molecule has 2 fully saturated rings. The fourth-order valence-corrected chi connectivity index (χ4v) is 5.03. The van der Waals surface area contributed by atoms with Crippen molar-refractivity contribution >= 4 is 28.3 Å². The van der Waals surface area contributed by atoms with Gasteiger partial charge in [-0.15, -0.1) is 0 Å². The van der Waals surface area contributed by atoms with E-state index in [0.717, 1.165) is 6.92 Å². The van der Waals surface area contributed by atoms with E-state index in [1.54, 1.807) is 21.7 Å². The number of carbonyl (C=O) groups is 1. The smallest absolute Gasteiger partial charge is 0.378 e. The summed E-state index contributed by atoms with van der Waals surface area (Å²) in [7, 11) is 1.51. The van der Waals surface area contributed by atoms with E-state index in [0.29, 0.717) is 34.2 Å². The second kappa shape index (κ2) is 9.57. The minimum Gasteiger partial charge on any atom is -0.378 e. The molecule has 1 saturated carbocycles. The minimum absolute atomic E-state index is 0.0417. The molecule has 1 aliphatic heterocycles. The molecule has 0 bridgehead atoms. The maximum absolute atomic E-state index is 13.7. The van der Waals surface area contributed by atoms with Crippen LogP contribution in [0.3, 0.4) is 0 Å². The van der Waals surface area contributed by atoms with Gasteiger partial charge >= 0.3 is 6.18 Å². The molecular weight excluding hydrogens is 527 g/mol. The lowest BCUT2D eigenvalue weighted by atomic mass is 9.81. The van der Waals surface area contributed by atoms with Gasteiger partial charge in [0.25, 0.3) is 5.56 Å². The third kappa shape index (κ3) is 5.21. The van der Waals surface area contributed by atoms with E-state index in [1.807, 2.05) is 0 Å². The summed E-state index contributed by atoms with van der Waals surface area (Å²) in [5, 5.41) is 7.18. The van der Waals surface area contributed by atoms with E-state index in [9.17, 15) is 31.5 Å². The number of hydrogen-bond donors (Lipinski definition) is 1. The zero-order valence-electron chi connectivity index (χ0n) is 21.4. The summed E-state index contributed by atoms with van der Waals surface area (Å²) in [5.41, 5.74) is 0.143. The average Bonchev–Trinajstić information content (AvgIpc) is 3.14. The predicted molar refractivity (Wildman–Crippen MR) is 133 cm³/mol. The molecule has 5 rings (SSSR count). The molecule has 2 aliphatic rings. The number of amides is 1. The fourth-order valence-electron chi connectivity index (χ4n) is 5.03. The Kier molecular flexibility index (Phi) is 6.64. The van der Waals surface area contributed by atoms with E-state index < -0.39 is 23.7 Å². The molecule has 210 valence electrons. The molecule has 0 radical (unpaired) electrons. The van der Waals surface area contributed by atoms with Gasteiger partial charge in [-0.2, -0.15) is 18.3 Å². The van der Waals surface area contributed by atoms with Crippen molar-refractivity contribution < 1.29 is 31.5 Å². The Balaban J connectivity index is 1.66. The Morgan fingerprint density at radius 1 is 1.26 bits per heavy atom. The summed E-state index contributed by atoms with van der Waals surface area (Å²) in [5.74, 6) is -3.19. The third-order valence-electron chi connectivity index (χ3n) is 7.26. The lowest BCUT2D eigenvalue weighted by Gasteiger charge is -2.39. The van der Waals surface area contributed by atoms with Crippen LogP contribution in [-0.4, -0.2) is 63.6 Å². The standard InChI is InChI=1S/C25H27F5N6O3/c1-13(25(28,29)30)36-23(38)20(35-10-16(11-35)39-3)5-19(33-36)18-12-34(9-15-6-24(26,27)7-15)21-8-31-22(4-17(18)21)32-14(2)37/h4-5,8,12-13,15-16H,6-7,9-11H2,1-3H3,(H,31,32,37)/t13-/m0/s1. The Labute approximate surface area is 219 Å². The van der Waals surface area contributed by atoms with E-state index in [-0.39, 0.29) is 54.5 Å².